The molecule has 0 spiro atoms. The van der Waals surface area contributed by atoms with Crippen molar-refractivity contribution in [3.8, 4) is 5.69 Å². The van der Waals surface area contributed by atoms with E-state index in [1.54, 1.807) is 36.1 Å². The molecule has 2 aromatic carbocycles. The maximum absolute atomic E-state index is 12.3. The lowest BCUT2D eigenvalue weighted by atomic mass is 10.1. The first-order valence-corrected chi connectivity index (χ1v) is 8.76. The summed E-state index contributed by atoms with van der Waals surface area (Å²) in [4.78, 5) is 24.0. The van der Waals surface area contributed by atoms with Crippen molar-refractivity contribution in [1.82, 2.24) is 20.4 Å². The van der Waals surface area contributed by atoms with Crippen LogP contribution in [0.3, 0.4) is 0 Å². The van der Waals surface area contributed by atoms with Gasteiger partial charge in [-0.1, -0.05) is 28.1 Å². The number of nitrogens with one attached hydrogen (secondary N) is 2. The van der Waals surface area contributed by atoms with Gasteiger partial charge in [0.2, 0.25) is 0 Å². The number of hydrogen-bond donors (Lipinski definition) is 2. The van der Waals surface area contributed by atoms with Crippen LogP contribution in [0.1, 0.15) is 26.3 Å². The Morgan fingerprint density at radius 3 is 2.58 bits per heavy atom. The summed E-state index contributed by atoms with van der Waals surface area (Å²) in [5.74, 6) is -0.382. The van der Waals surface area contributed by atoms with Crippen molar-refractivity contribution in [2.75, 3.05) is 7.05 Å². The Hall–Kier alpha value is -2.93. The molecule has 1 aromatic heterocycles. The van der Waals surface area contributed by atoms with Gasteiger partial charge in [-0.05, 0) is 42.0 Å². The van der Waals surface area contributed by atoms with E-state index < -0.39 is 0 Å². The van der Waals surface area contributed by atoms with Gasteiger partial charge in [0.15, 0.2) is 0 Å². The van der Waals surface area contributed by atoms with E-state index in [1.165, 1.54) is 6.20 Å². The van der Waals surface area contributed by atoms with E-state index in [-0.39, 0.29) is 11.8 Å². The summed E-state index contributed by atoms with van der Waals surface area (Å²) in [6.07, 6.45) is 3.21. The van der Waals surface area contributed by atoms with Crippen LogP contribution >= 0.6 is 15.9 Å². The highest BCUT2D eigenvalue weighted by molar-refractivity contribution is 9.10. The molecule has 0 radical (unpaired) electrons. The predicted octanol–water partition coefficient (Wildman–Crippen LogP) is 2.92. The molecule has 0 aliphatic carbocycles. The van der Waals surface area contributed by atoms with Crippen LogP contribution in [-0.4, -0.2) is 28.6 Å². The largest absolute Gasteiger partial charge is 0.355 e. The van der Waals surface area contributed by atoms with Gasteiger partial charge in [-0.25, -0.2) is 4.68 Å². The molecule has 7 heteroatoms. The van der Waals surface area contributed by atoms with Crippen LogP contribution in [0.2, 0.25) is 0 Å². The Morgan fingerprint density at radius 2 is 1.85 bits per heavy atom. The molecule has 0 saturated heterocycles. The second-order valence-electron chi connectivity index (χ2n) is 5.61. The molecule has 132 valence electrons. The lowest BCUT2D eigenvalue weighted by Gasteiger charge is -2.06. The van der Waals surface area contributed by atoms with E-state index in [0.717, 1.165) is 15.7 Å². The Balaban J connectivity index is 1.66. The number of nitrogens with zero attached hydrogens (tertiary/aromatic N) is 2. The summed E-state index contributed by atoms with van der Waals surface area (Å²) >= 11 is 3.39. The fourth-order valence-corrected chi connectivity index (χ4v) is 2.69. The van der Waals surface area contributed by atoms with E-state index in [0.29, 0.717) is 17.7 Å². The molecule has 6 nitrogen and oxygen atoms in total. The Morgan fingerprint density at radius 1 is 1.08 bits per heavy atom. The van der Waals surface area contributed by atoms with Gasteiger partial charge in [-0.3, -0.25) is 9.59 Å². The molecule has 0 aliphatic heterocycles. The highest BCUT2D eigenvalue weighted by Crippen LogP contribution is 2.14. The number of halogens is 1. The quantitative estimate of drug-likeness (QED) is 0.676. The summed E-state index contributed by atoms with van der Waals surface area (Å²) in [6, 6.07) is 14.8. The molecule has 1 heterocycles. The molecule has 3 aromatic rings. The molecule has 2 amide bonds. The first-order chi connectivity index (χ1) is 12.6. The van der Waals surface area contributed by atoms with Crippen molar-refractivity contribution >= 4 is 27.7 Å². The number of carbonyl (C=O) groups is 2. The van der Waals surface area contributed by atoms with Crippen molar-refractivity contribution < 1.29 is 9.59 Å². The van der Waals surface area contributed by atoms with Crippen LogP contribution in [0.15, 0.2) is 65.4 Å². The van der Waals surface area contributed by atoms with Crippen LogP contribution in [0.25, 0.3) is 5.69 Å². The second kappa shape index (κ2) is 7.97. The molecule has 2 N–H and O–H groups in total. The average molecular weight is 413 g/mol. The molecule has 0 atom stereocenters. The first-order valence-electron chi connectivity index (χ1n) is 7.96. The van der Waals surface area contributed by atoms with Crippen molar-refractivity contribution in [3.05, 3.63) is 82.1 Å². The van der Waals surface area contributed by atoms with E-state index in [4.69, 9.17) is 0 Å². The summed E-state index contributed by atoms with van der Waals surface area (Å²) in [6.45, 7) is 0.327. The molecule has 3 rings (SSSR count). The normalized spacial score (nSPS) is 10.4. The molecule has 0 aliphatic rings. The van der Waals surface area contributed by atoms with Crippen molar-refractivity contribution in [2.45, 2.75) is 6.54 Å². The Labute approximate surface area is 159 Å². The molecule has 0 saturated carbocycles. The monoisotopic (exact) mass is 412 g/mol. The maximum atomic E-state index is 12.3. The van der Waals surface area contributed by atoms with Crippen LogP contribution < -0.4 is 10.6 Å². The summed E-state index contributed by atoms with van der Waals surface area (Å²) in [5, 5.41) is 9.65. The van der Waals surface area contributed by atoms with Crippen molar-refractivity contribution in [3.63, 3.8) is 0 Å². The van der Waals surface area contributed by atoms with Gasteiger partial charge < -0.3 is 10.6 Å². The van der Waals surface area contributed by atoms with E-state index >= 15 is 0 Å². The van der Waals surface area contributed by atoms with E-state index in [9.17, 15) is 9.59 Å². The first kappa shape index (κ1) is 17.9. The van der Waals surface area contributed by atoms with Crippen molar-refractivity contribution in [2.24, 2.45) is 0 Å². The third-order valence-corrected chi connectivity index (χ3v) is 4.33. The number of hydrogen-bond acceptors (Lipinski definition) is 3. The zero-order chi connectivity index (χ0) is 18.5. The Bertz CT molecular complexity index is 935. The smallest absolute Gasteiger partial charge is 0.254 e. The number of benzene rings is 2. The van der Waals surface area contributed by atoms with Gasteiger partial charge in [0.25, 0.3) is 11.8 Å². The number of amides is 2. The molecule has 0 bridgehead atoms. The zero-order valence-electron chi connectivity index (χ0n) is 14.1. The number of rotatable bonds is 5. The summed E-state index contributed by atoms with van der Waals surface area (Å²) in [5.41, 5.74) is 2.74. The third-order valence-electron chi connectivity index (χ3n) is 3.81. The van der Waals surface area contributed by atoms with Gasteiger partial charge in [-0.15, -0.1) is 0 Å². The Kier molecular flexibility index (Phi) is 5.48. The van der Waals surface area contributed by atoms with Crippen LogP contribution in [0.5, 0.6) is 0 Å². The maximum Gasteiger partial charge on any atom is 0.254 e. The van der Waals surface area contributed by atoms with E-state index in [1.807, 2.05) is 30.3 Å². The van der Waals surface area contributed by atoms with Crippen LogP contribution in [0, 0.1) is 0 Å². The topological polar surface area (TPSA) is 76.0 Å². The lowest BCUT2D eigenvalue weighted by Crippen LogP contribution is -2.23. The predicted molar refractivity (Wildman–Crippen MR) is 102 cm³/mol. The lowest BCUT2D eigenvalue weighted by molar-refractivity contribution is 0.0948. The summed E-state index contributed by atoms with van der Waals surface area (Å²) in [7, 11) is 1.58. The highest BCUT2D eigenvalue weighted by Gasteiger charge is 2.10. The fourth-order valence-electron chi connectivity index (χ4n) is 2.43. The minimum atomic E-state index is -0.223. The van der Waals surface area contributed by atoms with Gasteiger partial charge in [0.05, 0.1) is 17.4 Å². The minimum absolute atomic E-state index is 0.158. The molecule has 26 heavy (non-hydrogen) atoms. The second-order valence-corrected chi connectivity index (χ2v) is 6.53. The highest BCUT2D eigenvalue weighted by atomic mass is 79.9. The zero-order valence-corrected chi connectivity index (χ0v) is 15.7. The number of carbonyl (C=O) groups excluding carboxylic acids is 2. The van der Waals surface area contributed by atoms with Gasteiger partial charge in [-0.2, -0.15) is 5.10 Å². The van der Waals surface area contributed by atoms with Gasteiger partial charge >= 0.3 is 0 Å². The van der Waals surface area contributed by atoms with Crippen molar-refractivity contribution in [1.29, 1.82) is 0 Å². The SMILES string of the molecule is CNC(=O)c1cccc(CNC(=O)c2cnn(-c3ccc(Br)cc3)c2)c1. The standard InChI is InChI=1S/C19H17BrN4O2/c1-21-18(25)14-4-2-3-13(9-14)10-22-19(26)15-11-23-24(12-15)17-7-5-16(20)6-8-17/h2-9,11-12H,10H2,1H3,(H,21,25)(H,22,26). The van der Waals surface area contributed by atoms with Gasteiger partial charge in [0.1, 0.15) is 0 Å². The minimum Gasteiger partial charge on any atom is -0.355 e. The molecule has 0 fully saturated rings. The third kappa shape index (κ3) is 4.18. The average Bonchev–Trinajstić information content (AvgIpc) is 3.16. The van der Waals surface area contributed by atoms with Crippen LogP contribution in [0.4, 0.5) is 0 Å². The summed E-state index contributed by atoms with van der Waals surface area (Å²) < 4.78 is 2.62. The molecular formula is C19H17BrN4O2. The van der Waals surface area contributed by atoms with Crippen LogP contribution in [-0.2, 0) is 6.54 Å². The number of aromatic nitrogens is 2. The van der Waals surface area contributed by atoms with E-state index in [2.05, 4.69) is 31.7 Å². The fraction of sp³-hybridized carbons (Fsp3) is 0.105. The molecule has 0 unspecified atom stereocenters. The molecular weight excluding hydrogens is 396 g/mol. The van der Waals surface area contributed by atoms with Gasteiger partial charge in [0, 0.05) is 29.8 Å².